The number of ether oxygens (including phenoxy) is 1. The van der Waals surface area contributed by atoms with Gasteiger partial charge >= 0.3 is 5.37 Å². The largest absolute Gasteiger partial charge is 0.364 e. The number of carbonyl (C=O) groups is 1. The first kappa shape index (κ1) is 17.6. The number of hydrogen-bond acceptors (Lipinski definition) is 2. The van der Waals surface area contributed by atoms with Gasteiger partial charge in [-0.1, -0.05) is 47.5 Å². The van der Waals surface area contributed by atoms with E-state index < -0.39 is 5.37 Å². The Kier molecular flexibility index (Phi) is 5.67. The van der Waals surface area contributed by atoms with Crippen molar-refractivity contribution in [3.05, 3.63) is 69.7 Å². The monoisotopic (exact) mass is 383 g/mol. The second-order valence-corrected chi connectivity index (χ2v) is 6.93. The van der Waals surface area contributed by atoms with Gasteiger partial charge in [-0.05, 0) is 53.4 Å². The zero-order valence-corrected chi connectivity index (χ0v) is 15.1. The minimum Gasteiger partial charge on any atom is -0.364 e. The molecule has 0 saturated carbocycles. The lowest BCUT2D eigenvalue weighted by atomic mass is 10.0. The maximum Gasteiger partial charge on any atom is 0.316 e. The molecule has 1 atom stereocenters. The Morgan fingerprint density at radius 2 is 1.50 bits per heavy atom. The van der Waals surface area contributed by atoms with Gasteiger partial charge in [-0.3, -0.25) is 4.79 Å². The van der Waals surface area contributed by atoms with Crippen LogP contribution in [0.2, 0.25) is 10.0 Å². The van der Waals surface area contributed by atoms with Gasteiger partial charge in [-0.15, -0.1) is 0 Å². The van der Waals surface area contributed by atoms with Gasteiger partial charge in [0.2, 0.25) is 0 Å². The Balaban J connectivity index is 1.83. The molecule has 2 aromatic carbocycles. The highest BCUT2D eigenvalue weighted by Gasteiger charge is 2.29. The number of benzene rings is 2. The van der Waals surface area contributed by atoms with Crippen molar-refractivity contribution in [2.45, 2.75) is 18.6 Å². The number of likely N-dealkylation sites (tertiary alicyclic amines) is 1. The van der Waals surface area contributed by atoms with E-state index in [1.54, 1.807) is 4.90 Å². The molecule has 1 aliphatic heterocycles. The van der Waals surface area contributed by atoms with E-state index in [1.807, 2.05) is 48.5 Å². The van der Waals surface area contributed by atoms with Gasteiger partial charge < -0.3 is 9.64 Å². The Hall–Kier alpha value is -1.26. The van der Waals surface area contributed by atoms with Crippen molar-refractivity contribution in [3.8, 4) is 0 Å². The van der Waals surface area contributed by atoms with E-state index in [2.05, 4.69) is 0 Å². The minimum atomic E-state index is -0.435. The molecular formula is C18H16Cl3NO2. The first-order valence-corrected chi connectivity index (χ1v) is 8.77. The topological polar surface area (TPSA) is 29.5 Å². The molecule has 0 N–H and O–H groups in total. The summed E-state index contributed by atoms with van der Waals surface area (Å²) >= 11 is 17.5. The summed E-state index contributed by atoms with van der Waals surface area (Å²) in [6.07, 6.45) is 0.440. The van der Waals surface area contributed by atoms with Crippen LogP contribution in [0.15, 0.2) is 48.5 Å². The van der Waals surface area contributed by atoms with Crippen molar-refractivity contribution < 1.29 is 9.53 Å². The molecule has 0 bridgehead atoms. The molecule has 0 radical (unpaired) electrons. The predicted octanol–water partition coefficient (Wildman–Crippen LogP) is 5.53. The van der Waals surface area contributed by atoms with E-state index in [-0.39, 0.29) is 12.2 Å². The van der Waals surface area contributed by atoms with Crippen LogP contribution in [0.1, 0.15) is 23.7 Å². The van der Waals surface area contributed by atoms with Gasteiger partial charge in [0.05, 0.1) is 6.10 Å². The van der Waals surface area contributed by atoms with Crippen LogP contribution in [0.5, 0.6) is 0 Å². The van der Waals surface area contributed by atoms with Crippen LogP contribution >= 0.6 is 34.8 Å². The summed E-state index contributed by atoms with van der Waals surface area (Å²) in [5.41, 5.74) is 2.00. The molecule has 1 saturated heterocycles. The molecule has 1 fully saturated rings. The van der Waals surface area contributed by atoms with E-state index in [4.69, 9.17) is 39.5 Å². The number of hydrogen-bond donors (Lipinski definition) is 0. The number of nitrogens with zero attached hydrogens (tertiary/aromatic N) is 1. The van der Waals surface area contributed by atoms with Crippen molar-refractivity contribution in [2.75, 3.05) is 13.1 Å². The van der Waals surface area contributed by atoms with E-state index in [1.165, 1.54) is 0 Å². The van der Waals surface area contributed by atoms with Crippen LogP contribution in [-0.4, -0.2) is 29.5 Å². The Morgan fingerprint density at radius 3 is 1.92 bits per heavy atom. The van der Waals surface area contributed by atoms with E-state index in [0.29, 0.717) is 23.1 Å². The normalized spacial score (nSPS) is 17.5. The Morgan fingerprint density at radius 1 is 1.00 bits per heavy atom. The van der Waals surface area contributed by atoms with Gasteiger partial charge in [-0.25, -0.2) is 0 Å². The number of carbonyl (C=O) groups excluding carboxylic acids is 1. The predicted molar refractivity (Wildman–Crippen MR) is 97.1 cm³/mol. The quantitative estimate of drug-likeness (QED) is 0.512. The van der Waals surface area contributed by atoms with Crippen molar-refractivity contribution >= 4 is 40.2 Å². The van der Waals surface area contributed by atoms with Crippen LogP contribution in [0.4, 0.5) is 4.79 Å². The maximum absolute atomic E-state index is 11.3. The summed E-state index contributed by atoms with van der Waals surface area (Å²) in [6, 6.07) is 15.1. The van der Waals surface area contributed by atoms with Crippen molar-refractivity contribution in [2.24, 2.45) is 0 Å². The fourth-order valence-corrected chi connectivity index (χ4v) is 3.22. The lowest BCUT2D eigenvalue weighted by Crippen LogP contribution is -2.26. The molecule has 1 heterocycles. The molecule has 0 aromatic heterocycles. The molecule has 0 aliphatic carbocycles. The van der Waals surface area contributed by atoms with E-state index >= 15 is 0 Å². The smallest absolute Gasteiger partial charge is 0.316 e. The van der Waals surface area contributed by atoms with Crippen LogP contribution < -0.4 is 0 Å². The molecule has 6 heteroatoms. The molecule has 0 spiro atoms. The third-order valence-corrected chi connectivity index (χ3v) is 4.81. The molecule has 126 valence electrons. The number of rotatable bonds is 4. The SMILES string of the molecule is O=C(Cl)N1CC[C@@H](OC(c2ccc(Cl)cc2)c2ccc(Cl)cc2)C1. The average molecular weight is 385 g/mol. The van der Waals surface area contributed by atoms with Gasteiger partial charge in [0.1, 0.15) is 6.10 Å². The van der Waals surface area contributed by atoms with Gasteiger partial charge in [0.15, 0.2) is 0 Å². The highest BCUT2D eigenvalue weighted by atomic mass is 35.5. The molecule has 24 heavy (non-hydrogen) atoms. The van der Waals surface area contributed by atoms with E-state index in [0.717, 1.165) is 17.5 Å². The van der Waals surface area contributed by atoms with Crippen LogP contribution in [-0.2, 0) is 4.74 Å². The van der Waals surface area contributed by atoms with Crippen molar-refractivity contribution in [1.29, 1.82) is 0 Å². The number of halogens is 3. The lowest BCUT2D eigenvalue weighted by Gasteiger charge is -2.23. The zero-order valence-electron chi connectivity index (χ0n) is 12.8. The fourth-order valence-electron chi connectivity index (χ4n) is 2.82. The van der Waals surface area contributed by atoms with Gasteiger partial charge in [0.25, 0.3) is 0 Å². The molecule has 2 aromatic rings. The summed E-state index contributed by atoms with van der Waals surface area (Å²) in [6.45, 7) is 1.11. The third kappa shape index (κ3) is 4.22. The minimum absolute atomic E-state index is 0.0657. The highest BCUT2D eigenvalue weighted by molar-refractivity contribution is 6.62. The summed E-state index contributed by atoms with van der Waals surface area (Å²) in [4.78, 5) is 12.9. The summed E-state index contributed by atoms with van der Waals surface area (Å²) < 4.78 is 6.30. The van der Waals surface area contributed by atoms with Gasteiger partial charge in [0, 0.05) is 23.1 Å². The highest BCUT2D eigenvalue weighted by Crippen LogP contribution is 2.31. The molecule has 3 nitrogen and oxygen atoms in total. The Bertz CT molecular complexity index is 658. The summed E-state index contributed by atoms with van der Waals surface area (Å²) in [7, 11) is 0. The van der Waals surface area contributed by atoms with Crippen LogP contribution in [0.25, 0.3) is 0 Å². The third-order valence-electron chi connectivity index (χ3n) is 4.07. The van der Waals surface area contributed by atoms with Crippen molar-refractivity contribution in [1.82, 2.24) is 4.90 Å². The molecule has 0 unspecified atom stereocenters. The fraction of sp³-hybridized carbons (Fsp3) is 0.278. The second kappa shape index (κ2) is 7.75. The zero-order chi connectivity index (χ0) is 17.1. The van der Waals surface area contributed by atoms with Crippen LogP contribution in [0.3, 0.4) is 0 Å². The molecule has 1 aliphatic rings. The average Bonchev–Trinajstić information content (AvgIpc) is 3.04. The maximum atomic E-state index is 11.3. The summed E-state index contributed by atoms with van der Waals surface area (Å²) in [5.74, 6) is 0. The standard InChI is InChI=1S/C18H16Cl3NO2/c19-14-5-1-12(2-6-14)17(13-3-7-15(20)8-4-13)24-16-9-10-22(11-16)18(21)23/h1-8,16-17H,9-11H2/t16-/m1/s1. The van der Waals surface area contributed by atoms with E-state index in [9.17, 15) is 4.79 Å². The Labute approximate surface area is 156 Å². The lowest BCUT2D eigenvalue weighted by molar-refractivity contribution is 0.0165. The van der Waals surface area contributed by atoms with Crippen LogP contribution in [0, 0.1) is 0 Å². The van der Waals surface area contributed by atoms with Crippen molar-refractivity contribution in [3.63, 3.8) is 0 Å². The van der Waals surface area contributed by atoms with Gasteiger partial charge in [-0.2, -0.15) is 0 Å². The number of amides is 1. The first-order chi connectivity index (χ1) is 11.5. The summed E-state index contributed by atoms with van der Waals surface area (Å²) in [5, 5.41) is 0.914. The first-order valence-electron chi connectivity index (χ1n) is 7.64. The molecule has 1 amide bonds. The molecule has 3 rings (SSSR count). The molecular weight excluding hydrogens is 369 g/mol. The second-order valence-electron chi connectivity index (χ2n) is 5.73.